The fourth-order valence-corrected chi connectivity index (χ4v) is 1.99. The summed E-state index contributed by atoms with van der Waals surface area (Å²) < 4.78 is 7.70. The molecule has 0 aliphatic carbocycles. The minimum absolute atomic E-state index is 0.0684. The first kappa shape index (κ1) is 13.8. The third kappa shape index (κ3) is 3.21. The molecular formula is C11H11BrN4O2S. The van der Waals surface area contributed by atoms with Gasteiger partial charge in [0.05, 0.1) is 17.3 Å². The van der Waals surface area contributed by atoms with Crippen molar-refractivity contribution in [3.8, 4) is 11.5 Å². The third-order valence-corrected chi connectivity index (χ3v) is 3.10. The van der Waals surface area contributed by atoms with Crippen LogP contribution < -0.4 is 4.74 Å². The monoisotopic (exact) mass is 342 g/mol. The minimum atomic E-state index is 0.0684. The van der Waals surface area contributed by atoms with Crippen molar-refractivity contribution in [2.24, 2.45) is 5.10 Å². The Bertz CT molecular complexity index is 665. The summed E-state index contributed by atoms with van der Waals surface area (Å²) in [4.78, 5) is 0. The van der Waals surface area contributed by atoms with Crippen LogP contribution in [0.15, 0.2) is 28.0 Å². The van der Waals surface area contributed by atoms with Crippen LogP contribution in [0, 0.1) is 4.77 Å². The van der Waals surface area contributed by atoms with Crippen LogP contribution in [0.25, 0.3) is 0 Å². The largest absolute Gasteiger partial charge is 0.503 e. The molecule has 0 saturated carbocycles. The van der Waals surface area contributed by atoms with Gasteiger partial charge in [0, 0.05) is 0 Å². The van der Waals surface area contributed by atoms with Crippen LogP contribution in [0.5, 0.6) is 11.5 Å². The Morgan fingerprint density at radius 3 is 3.05 bits per heavy atom. The van der Waals surface area contributed by atoms with Gasteiger partial charge >= 0.3 is 0 Å². The number of ether oxygens (including phenoxy) is 1. The van der Waals surface area contributed by atoms with Crippen molar-refractivity contribution < 1.29 is 9.84 Å². The molecule has 0 aliphatic heterocycles. The molecule has 0 atom stereocenters. The summed E-state index contributed by atoms with van der Waals surface area (Å²) in [5.41, 5.74) is 0.760. The number of phenolic OH excluding ortho intramolecular Hbond substituents is 1. The second kappa shape index (κ2) is 5.98. The normalized spacial score (nSPS) is 11.1. The predicted molar refractivity (Wildman–Crippen MR) is 77.4 cm³/mol. The van der Waals surface area contributed by atoms with Gasteiger partial charge in [0.2, 0.25) is 4.77 Å². The number of halogens is 1. The fraction of sp³-hybridized carbons (Fsp3) is 0.182. The molecule has 100 valence electrons. The first-order valence-electron chi connectivity index (χ1n) is 5.43. The number of rotatable bonds is 4. The Kier molecular flexibility index (Phi) is 4.33. The number of H-pyrrole nitrogens is 1. The van der Waals surface area contributed by atoms with E-state index in [4.69, 9.17) is 17.0 Å². The van der Waals surface area contributed by atoms with Crippen molar-refractivity contribution in [2.45, 2.75) is 6.92 Å². The van der Waals surface area contributed by atoms with Crippen molar-refractivity contribution in [1.29, 1.82) is 0 Å². The van der Waals surface area contributed by atoms with Crippen LogP contribution in [-0.2, 0) is 0 Å². The van der Waals surface area contributed by atoms with E-state index >= 15 is 0 Å². The van der Waals surface area contributed by atoms with E-state index < -0.39 is 0 Å². The number of nitrogens with zero attached hydrogens (tertiary/aromatic N) is 3. The van der Waals surface area contributed by atoms with E-state index in [2.05, 4.69) is 31.2 Å². The van der Waals surface area contributed by atoms with Gasteiger partial charge in [0.15, 0.2) is 11.5 Å². The highest BCUT2D eigenvalue weighted by Crippen LogP contribution is 2.35. The SMILES string of the molecule is CCOc1cc(C=Nn2cn[nH]c2=S)cc(Br)c1O. The number of phenols is 1. The van der Waals surface area contributed by atoms with Gasteiger partial charge in [0.1, 0.15) is 6.33 Å². The highest BCUT2D eigenvalue weighted by Gasteiger charge is 2.08. The molecular weight excluding hydrogens is 332 g/mol. The van der Waals surface area contributed by atoms with Crippen molar-refractivity contribution in [3.05, 3.63) is 33.3 Å². The van der Waals surface area contributed by atoms with E-state index in [-0.39, 0.29) is 5.75 Å². The second-order valence-electron chi connectivity index (χ2n) is 3.53. The third-order valence-electron chi connectivity index (χ3n) is 2.22. The lowest BCUT2D eigenvalue weighted by Crippen LogP contribution is -1.95. The topological polar surface area (TPSA) is 75.4 Å². The molecule has 0 saturated heterocycles. The Balaban J connectivity index is 2.33. The Labute approximate surface area is 122 Å². The minimum Gasteiger partial charge on any atom is -0.503 e. The molecule has 6 nitrogen and oxygen atoms in total. The summed E-state index contributed by atoms with van der Waals surface area (Å²) in [6.45, 7) is 2.31. The molecule has 0 fully saturated rings. The van der Waals surface area contributed by atoms with Crippen molar-refractivity contribution in [2.75, 3.05) is 6.61 Å². The number of hydrogen-bond donors (Lipinski definition) is 2. The molecule has 2 rings (SSSR count). The molecule has 1 aromatic carbocycles. The Morgan fingerprint density at radius 1 is 1.63 bits per heavy atom. The van der Waals surface area contributed by atoms with Crippen LogP contribution in [0.1, 0.15) is 12.5 Å². The summed E-state index contributed by atoms with van der Waals surface area (Å²) in [6.07, 6.45) is 3.07. The van der Waals surface area contributed by atoms with Crippen molar-refractivity contribution in [3.63, 3.8) is 0 Å². The number of aromatic amines is 1. The maximum Gasteiger partial charge on any atom is 0.216 e. The lowest BCUT2D eigenvalue weighted by molar-refractivity contribution is 0.317. The number of aromatic nitrogens is 3. The van der Waals surface area contributed by atoms with Gasteiger partial charge in [0.25, 0.3) is 0 Å². The number of aromatic hydroxyl groups is 1. The maximum absolute atomic E-state index is 9.80. The van der Waals surface area contributed by atoms with Gasteiger partial charge in [-0.25, -0.2) is 0 Å². The zero-order valence-corrected chi connectivity index (χ0v) is 12.4. The average Bonchev–Trinajstić information content (AvgIpc) is 2.78. The fourth-order valence-electron chi connectivity index (χ4n) is 1.39. The van der Waals surface area contributed by atoms with Gasteiger partial charge < -0.3 is 9.84 Å². The molecule has 0 bridgehead atoms. The molecule has 0 spiro atoms. The first-order chi connectivity index (χ1) is 9.11. The smallest absolute Gasteiger partial charge is 0.216 e. The van der Waals surface area contributed by atoms with Gasteiger partial charge in [-0.05, 0) is 52.8 Å². The molecule has 0 amide bonds. The molecule has 0 aliphatic rings. The van der Waals surface area contributed by atoms with E-state index in [9.17, 15) is 5.11 Å². The van der Waals surface area contributed by atoms with Gasteiger partial charge in [-0.1, -0.05) is 0 Å². The molecule has 1 aromatic heterocycles. The molecule has 8 heteroatoms. The van der Waals surface area contributed by atoms with Gasteiger partial charge in [-0.2, -0.15) is 14.9 Å². The Hall–Kier alpha value is -1.67. The standard InChI is InChI=1S/C11H11BrN4O2S/c1-2-18-9-4-7(3-8(12)10(9)17)5-14-16-6-13-15-11(16)19/h3-6,17H,2H2,1H3,(H,15,19). The number of hydrogen-bond acceptors (Lipinski definition) is 5. The molecule has 0 unspecified atom stereocenters. The average molecular weight is 343 g/mol. The van der Waals surface area contributed by atoms with Crippen LogP contribution in [0.4, 0.5) is 0 Å². The second-order valence-corrected chi connectivity index (χ2v) is 4.77. The molecule has 1 heterocycles. The van der Waals surface area contributed by atoms with E-state index in [0.29, 0.717) is 21.6 Å². The zero-order chi connectivity index (χ0) is 13.8. The van der Waals surface area contributed by atoms with Crippen molar-refractivity contribution in [1.82, 2.24) is 14.9 Å². The highest BCUT2D eigenvalue weighted by atomic mass is 79.9. The number of benzene rings is 1. The van der Waals surface area contributed by atoms with Gasteiger partial charge in [-0.3, -0.25) is 5.10 Å². The lowest BCUT2D eigenvalue weighted by atomic mass is 10.2. The molecule has 19 heavy (non-hydrogen) atoms. The Morgan fingerprint density at radius 2 is 2.42 bits per heavy atom. The quantitative estimate of drug-likeness (QED) is 0.661. The summed E-state index contributed by atoms with van der Waals surface area (Å²) in [5, 5.41) is 20.3. The summed E-state index contributed by atoms with van der Waals surface area (Å²) in [7, 11) is 0. The van der Waals surface area contributed by atoms with Crippen molar-refractivity contribution >= 4 is 34.4 Å². The highest BCUT2D eigenvalue weighted by molar-refractivity contribution is 9.10. The predicted octanol–water partition coefficient (Wildman–Crippen LogP) is 2.69. The number of nitrogens with one attached hydrogen (secondary N) is 1. The molecule has 2 N–H and O–H groups in total. The molecule has 0 radical (unpaired) electrons. The van der Waals surface area contributed by atoms with Crippen LogP contribution in [0.2, 0.25) is 0 Å². The van der Waals surface area contributed by atoms with E-state index in [0.717, 1.165) is 5.56 Å². The van der Waals surface area contributed by atoms with Crippen LogP contribution in [0.3, 0.4) is 0 Å². The molecule has 2 aromatic rings. The van der Waals surface area contributed by atoms with Crippen LogP contribution in [-0.4, -0.2) is 32.8 Å². The van der Waals surface area contributed by atoms with E-state index in [1.54, 1.807) is 18.3 Å². The van der Waals surface area contributed by atoms with E-state index in [1.165, 1.54) is 11.0 Å². The van der Waals surface area contributed by atoms with Crippen LogP contribution >= 0.6 is 28.1 Å². The summed E-state index contributed by atoms with van der Waals surface area (Å²) in [6, 6.07) is 3.42. The van der Waals surface area contributed by atoms with Gasteiger partial charge in [-0.15, -0.1) is 0 Å². The first-order valence-corrected chi connectivity index (χ1v) is 6.63. The summed E-state index contributed by atoms with van der Waals surface area (Å²) in [5.74, 6) is 0.466. The maximum atomic E-state index is 9.80. The van der Waals surface area contributed by atoms with E-state index in [1.807, 2.05) is 6.92 Å². The zero-order valence-electron chi connectivity index (χ0n) is 10.00. The lowest BCUT2D eigenvalue weighted by Gasteiger charge is -2.08. The summed E-state index contributed by atoms with van der Waals surface area (Å²) >= 11 is 8.23.